The molecule has 0 aliphatic carbocycles. The van der Waals surface area contributed by atoms with Crippen molar-refractivity contribution in [2.24, 2.45) is 5.73 Å². The van der Waals surface area contributed by atoms with Crippen molar-refractivity contribution in [2.45, 2.75) is 0 Å². The van der Waals surface area contributed by atoms with Gasteiger partial charge in [0.2, 0.25) is 5.91 Å². The van der Waals surface area contributed by atoms with Gasteiger partial charge in [-0.15, -0.1) is 0 Å². The molecule has 1 amide bonds. The molecule has 1 heterocycles. The highest BCUT2D eigenvalue weighted by Gasteiger charge is 2.07. The Morgan fingerprint density at radius 2 is 2.06 bits per heavy atom. The number of rotatable bonds is 3. The number of hydrogen-bond acceptors (Lipinski definition) is 1. The molecule has 0 fully saturated rings. The molecule has 0 unspecified atom stereocenters. The monoisotopic (exact) mass is 248 g/mol. The molecule has 0 saturated heterocycles. The molecule has 2 N–H and O–H groups in total. The summed E-state index contributed by atoms with van der Waals surface area (Å²) in [5.74, 6) is -1.92. The van der Waals surface area contributed by atoms with Crippen LogP contribution in [0.4, 0.5) is 8.78 Å². The Bertz CT molecular complexity index is 617. The van der Waals surface area contributed by atoms with Gasteiger partial charge in [-0.1, -0.05) is 0 Å². The zero-order valence-corrected chi connectivity index (χ0v) is 9.31. The van der Waals surface area contributed by atoms with E-state index in [9.17, 15) is 13.6 Å². The number of hydrogen-bond donors (Lipinski definition) is 1. The van der Waals surface area contributed by atoms with Crippen molar-refractivity contribution >= 4 is 12.0 Å². The number of benzene rings is 1. The highest BCUT2D eigenvalue weighted by Crippen LogP contribution is 2.18. The Labute approximate surface area is 102 Å². The summed E-state index contributed by atoms with van der Waals surface area (Å²) in [5.41, 5.74) is 5.76. The smallest absolute Gasteiger partial charge is 0.241 e. The second-order valence-electron chi connectivity index (χ2n) is 3.63. The highest BCUT2D eigenvalue weighted by atomic mass is 19.1. The normalized spacial score (nSPS) is 11.0. The number of primary amides is 1. The summed E-state index contributed by atoms with van der Waals surface area (Å²) in [5, 5.41) is 0. The van der Waals surface area contributed by atoms with Gasteiger partial charge in [-0.05, 0) is 30.3 Å². The molecule has 2 aromatic rings. The lowest BCUT2D eigenvalue weighted by molar-refractivity contribution is -0.113. The third kappa shape index (κ3) is 2.45. The SMILES string of the molecule is NC(=O)/C=C/c1cccn1-c1ccc(F)cc1F. The minimum atomic E-state index is -0.681. The maximum Gasteiger partial charge on any atom is 0.241 e. The van der Waals surface area contributed by atoms with Crippen LogP contribution in [0.2, 0.25) is 0 Å². The molecule has 0 saturated carbocycles. The number of nitrogens with zero attached hydrogens (tertiary/aromatic N) is 1. The summed E-state index contributed by atoms with van der Waals surface area (Å²) in [4.78, 5) is 10.7. The van der Waals surface area contributed by atoms with E-state index < -0.39 is 17.5 Å². The summed E-state index contributed by atoms with van der Waals surface area (Å²) >= 11 is 0. The molecule has 2 rings (SSSR count). The van der Waals surface area contributed by atoms with Gasteiger partial charge in [0.1, 0.15) is 11.6 Å². The molecule has 0 radical (unpaired) electrons. The van der Waals surface area contributed by atoms with Crippen molar-refractivity contribution in [3.05, 3.63) is 59.9 Å². The van der Waals surface area contributed by atoms with Crippen LogP contribution < -0.4 is 5.73 Å². The number of aromatic nitrogens is 1. The second kappa shape index (κ2) is 4.83. The Morgan fingerprint density at radius 3 is 2.72 bits per heavy atom. The molecule has 92 valence electrons. The van der Waals surface area contributed by atoms with Crippen LogP contribution >= 0.6 is 0 Å². The number of carbonyl (C=O) groups is 1. The Morgan fingerprint density at radius 1 is 1.28 bits per heavy atom. The van der Waals surface area contributed by atoms with E-state index in [0.717, 1.165) is 6.07 Å². The van der Waals surface area contributed by atoms with Crippen LogP contribution in [-0.2, 0) is 4.79 Å². The topological polar surface area (TPSA) is 48.0 Å². The van der Waals surface area contributed by atoms with E-state index in [0.29, 0.717) is 5.69 Å². The van der Waals surface area contributed by atoms with Gasteiger partial charge >= 0.3 is 0 Å². The van der Waals surface area contributed by atoms with Crippen LogP contribution in [0.25, 0.3) is 11.8 Å². The fourth-order valence-electron chi connectivity index (χ4n) is 1.59. The van der Waals surface area contributed by atoms with E-state index >= 15 is 0 Å². The Kier molecular flexibility index (Phi) is 3.23. The molecule has 0 spiro atoms. The van der Waals surface area contributed by atoms with Crippen LogP contribution in [0.15, 0.2) is 42.6 Å². The van der Waals surface area contributed by atoms with Crippen molar-refractivity contribution < 1.29 is 13.6 Å². The zero-order valence-electron chi connectivity index (χ0n) is 9.31. The van der Waals surface area contributed by atoms with Gasteiger partial charge in [0.05, 0.1) is 5.69 Å². The summed E-state index contributed by atoms with van der Waals surface area (Å²) in [6.45, 7) is 0. The number of carbonyl (C=O) groups excluding carboxylic acids is 1. The van der Waals surface area contributed by atoms with Gasteiger partial charge in [0.25, 0.3) is 0 Å². The van der Waals surface area contributed by atoms with Gasteiger partial charge in [-0.2, -0.15) is 0 Å². The van der Waals surface area contributed by atoms with E-state index in [1.807, 2.05) is 0 Å². The molecule has 18 heavy (non-hydrogen) atoms. The van der Waals surface area contributed by atoms with Crippen LogP contribution in [0.5, 0.6) is 0 Å². The maximum atomic E-state index is 13.6. The average Bonchev–Trinajstić information content (AvgIpc) is 2.74. The zero-order chi connectivity index (χ0) is 13.1. The molecule has 1 aromatic heterocycles. The van der Waals surface area contributed by atoms with Crippen LogP contribution in [0, 0.1) is 11.6 Å². The van der Waals surface area contributed by atoms with E-state index in [4.69, 9.17) is 5.73 Å². The third-order valence-corrected chi connectivity index (χ3v) is 2.37. The van der Waals surface area contributed by atoms with Gasteiger partial charge in [-0.3, -0.25) is 4.79 Å². The van der Waals surface area contributed by atoms with E-state index in [-0.39, 0.29) is 5.69 Å². The van der Waals surface area contributed by atoms with Crippen molar-refractivity contribution in [3.63, 3.8) is 0 Å². The molecule has 0 atom stereocenters. The molecule has 5 heteroatoms. The number of halogens is 2. The lowest BCUT2D eigenvalue weighted by atomic mass is 10.2. The minimum Gasteiger partial charge on any atom is -0.366 e. The van der Waals surface area contributed by atoms with Crippen LogP contribution in [-0.4, -0.2) is 10.5 Å². The molecule has 1 aromatic carbocycles. The van der Waals surface area contributed by atoms with Gasteiger partial charge in [-0.25, -0.2) is 8.78 Å². The fourth-order valence-corrected chi connectivity index (χ4v) is 1.59. The second-order valence-corrected chi connectivity index (χ2v) is 3.63. The first-order valence-electron chi connectivity index (χ1n) is 5.18. The van der Waals surface area contributed by atoms with Crippen molar-refractivity contribution in [3.8, 4) is 5.69 Å². The first kappa shape index (κ1) is 12.0. The summed E-state index contributed by atoms with van der Waals surface area (Å²) in [6, 6.07) is 6.66. The predicted molar refractivity (Wildman–Crippen MR) is 63.9 cm³/mol. The van der Waals surface area contributed by atoms with E-state index in [2.05, 4.69) is 0 Å². The van der Waals surface area contributed by atoms with E-state index in [1.54, 1.807) is 18.3 Å². The quantitative estimate of drug-likeness (QED) is 0.832. The molecular weight excluding hydrogens is 238 g/mol. The minimum absolute atomic E-state index is 0.200. The summed E-state index contributed by atoms with van der Waals surface area (Å²) < 4.78 is 27.9. The fraction of sp³-hybridized carbons (Fsp3) is 0. The largest absolute Gasteiger partial charge is 0.366 e. The standard InChI is InChI=1S/C13H10F2N2O/c14-9-3-5-12(11(15)8-9)17-7-1-2-10(17)4-6-13(16)18/h1-8H,(H2,16,18)/b6-4+. The number of nitrogens with two attached hydrogens (primary N) is 1. The molecular formula is C13H10F2N2O. The third-order valence-electron chi connectivity index (χ3n) is 2.37. The highest BCUT2D eigenvalue weighted by molar-refractivity contribution is 5.90. The summed E-state index contributed by atoms with van der Waals surface area (Å²) in [7, 11) is 0. The lowest BCUT2D eigenvalue weighted by Crippen LogP contribution is -2.06. The van der Waals surface area contributed by atoms with Crippen LogP contribution in [0.1, 0.15) is 5.69 Å². The van der Waals surface area contributed by atoms with Crippen molar-refractivity contribution in [1.29, 1.82) is 0 Å². The van der Waals surface area contributed by atoms with Crippen molar-refractivity contribution in [2.75, 3.05) is 0 Å². The first-order chi connectivity index (χ1) is 8.58. The Hall–Kier alpha value is -2.43. The summed E-state index contributed by atoms with van der Waals surface area (Å²) in [6.07, 6.45) is 4.25. The van der Waals surface area contributed by atoms with E-state index in [1.165, 1.54) is 28.9 Å². The molecule has 0 aliphatic heterocycles. The van der Waals surface area contributed by atoms with Crippen LogP contribution in [0.3, 0.4) is 0 Å². The first-order valence-corrected chi connectivity index (χ1v) is 5.18. The average molecular weight is 248 g/mol. The van der Waals surface area contributed by atoms with Gasteiger partial charge in [0.15, 0.2) is 0 Å². The maximum absolute atomic E-state index is 13.6. The van der Waals surface area contributed by atoms with Gasteiger partial charge in [0, 0.05) is 24.0 Å². The predicted octanol–water partition coefficient (Wildman–Crippen LogP) is 2.25. The Balaban J connectivity index is 2.45. The molecule has 3 nitrogen and oxygen atoms in total. The van der Waals surface area contributed by atoms with Gasteiger partial charge < -0.3 is 10.3 Å². The molecule has 0 bridgehead atoms. The van der Waals surface area contributed by atoms with Crippen molar-refractivity contribution in [1.82, 2.24) is 4.57 Å². The number of amides is 1. The lowest BCUT2D eigenvalue weighted by Gasteiger charge is -2.07. The molecule has 0 aliphatic rings.